The Labute approximate surface area is 125 Å². The molecule has 0 saturated carbocycles. The second kappa shape index (κ2) is 6.54. The van der Waals surface area contributed by atoms with Crippen molar-refractivity contribution in [2.45, 2.75) is 6.54 Å². The van der Waals surface area contributed by atoms with Crippen molar-refractivity contribution < 1.29 is 18.3 Å². The van der Waals surface area contributed by atoms with Gasteiger partial charge < -0.3 is 10.1 Å². The van der Waals surface area contributed by atoms with Crippen molar-refractivity contribution in [3.05, 3.63) is 64.2 Å². The summed E-state index contributed by atoms with van der Waals surface area (Å²) in [7, 11) is 1.25. The van der Waals surface area contributed by atoms with E-state index in [0.717, 1.165) is 6.07 Å². The third-order valence-corrected chi connectivity index (χ3v) is 3.16. The van der Waals surface area contributed by atoms with Gasteiger partial charge in [-0.05, 0) is 35.9 Å². The molecule has 21 heavy (non-hydrogen) atoms. The smallest absolute Gasteiger partial charge is 0.337 e. The standard InChI is InChI=1S/C15H12ClF2NO2/c1-21-15(20)10-3-5-12(17)14(7-10)19-8-9-2-4-11(16)13(18)6-9/h2-7,19H,8H2,1H3. The van der Waals surface area contributed by atoms with Gasteiger partial charge in [-0.3, -0.25) is 0 Å². The van der Waals surface area contributed by atoms with E-state index >= 15 is 0 Å². The van der Waals surface area contributed by atoms with Crippen LogP contribution in [0.4, 0.5) is 14.5 Å². The van der Waals surface area contributed by atoms with Crippen molar-refractivity contribution >= 4 is 23.3 Å². The summed E-state index contributed by atoms with van der Waals surface area (Å²) in [6, 6.07) is 8.14. The average Bonchev–Trinajstić information content (AvgIpc) is 2.49. The van der Waals surface area contributed by atoms with Crippen LogP contribution in [0.25, 0.3) is 0 Å². The summed E-state index contributed by atoms with van der Waals surface area (Å²) in [6.45, 7) is 0.190. The SMILES string of the molecule is COC(=O)c1ccc(F)c(NCc2ccc(Cl)c(F)c2)c1. The monoisotopic (exact) mass is 311 g/mol. The van der Waals surface area contributed by atoms with E-state index in [1.165, 1.54) is 31.4 Å². The van der Waals surface area contributed by atoms with Gasteiger partial charge >= 0.3 is 5.97 Å². The number of hydrogen-bond acceptors (Lipinski definition) is 3. The van der Waals surface area contributed by atoms with Crippen LogP contribution in [0.1, 0.15) is 15.9 Å². The normalized spacial score (nSPS) is 10.3. The van der Waals surface area contributed by atoms with Gasteiger partial charge in [-0.2, -0.15) is 0 Å². The van der Waals surface area contributed by atoms with Crippen molar-refractivity contribution in [3.8, 4) is 0 Å². The molecule has 110 valence electrons. The first kappa shape index (κ1) is 15.3. The molecular formula is C15H12ClF2NO2. The number of ether oxygens (including phenoxy) is 1. The van der Waals surface area contributed by atoms with Crippen molar-refractivity contribution in [2.75, 3.05) is 12.4 Å². The Hall–Kier alpha value is -2.14. The lowest BCUT2D eigenvalue weighted by atomic mass is 10.1. The summed E-state index contributed by atoms with van der Waals surface area (Å²) in [5.74, 6) is -1.62. The average molecular weight is 312 g/mol. The molecule has 2 aromatic rings. The number of anilines is 1. The van der Waals surface area contributed by atoms with Gasteiger partial charge in [0.15, 0.2) is 0 Å². The number of esters is 1. The predicted molar refractivity (Wildman–Crippen MR) is 76.5 cm³/mol. The Morgan fingerprint density at radius 2 is 1.95 bits per heavy atom. The summed E-state index contributed by atoms with van der Waals surface area (Å²) in [4.78, 5) is 11.4. The van der Waals surface area contributed by atoms with Crippen LogP contribution in [-0.2, 0) is 11.3 Å². The molecule has 3 nitrogen and oxygen atoms in total. The van der Waals surface area contributed by atoms with E-state index in [4.69, 9.17) is 11.6 Å². The molecule has 0 saturated heterocycles. The van der Waals surface area contributed by atoms with Gasteiger partial charge in [-0.15, -0.1) is 0 Å². The predicted octanol–water partition coefficient (Wildman–Crippen LogP) is 4.02. The molecule has 0 amide bonds. The fourth-order valence-corrected chi connectivity index (χ4v) is 1.87. The third kappa shape index (κ3) is 3.70. The van der Waals surface area contributed by atoms with Crippen molar-refractivity contribution in [1.29, 1.82) is 0 Å². The quantitative estimate of drug-likeness (QED) is 0.867. The number of carbonyl (C=O) groups is 1. The van der Waals surface area contributed by atoms with Crippen LogP contribution in [-0.4, -0.2) is 13.1 Å². The van der Waals surface area contributed by atoms with Gasteiger partial charge in [0.1, 0.15) is 11.6 Å². The van der Waals surface area contributed by atoms with Gasteiger partial charge in [-0.25, -0.2) is 13.6 Å². The highest BCUT2D eigenvalue weighted by molar-refractivity contribution is 6.30. The minimum Gasteiger partial charge on any atom is -0.465 e. The maximum absolute atomic E-state index is 13.7. The minimum absolute atomic E-state index is 0.0256. The van der Waals surface area contributed by atoms with Gasteiger partial charge in [0, 0.05) is 6.54 Å². The maximum Gasteiger partial charge on any atom is 0.337 e. The number of halogens is 3. The van der Waals surface area contributed by atoms with E-state index in [1.54, 1.807) is 6.07 Å². The van der Waals surface area contributed by atoms with Crippen LogP contribution in [0, 0.1) is 11.6 Å². The fourth-order valence-electron chi connectivity index (χ4n) is 1.75. The Morgan fingerprint density at radius 3 is 2.62 bits per heavy atom. The summed E-state index contributed by atoms with van der Waals surface area (Å²) < 4.78 is 31.5. The van der Waals surface area contributed by atoms with Crippen LogP contribution >= 0.6 is 11.6 Å². The molecule has 0 spiro atoms. The summed E-state index contributed by atoms with van der Waals surface area (Å²) in [5, 5.41) is 2.83. The van der Waals surface area contributed by atoms with Crippen LogP contribution in [0.2, 0.25) is 5.02 Å². The van der Waals surface area contributed by atoms with E-state index in [1.807, 2.05) is 0 Å². The van der Waals surface area contributed by atoms with Crippen molar-refractivity contribution in [1.82, 2.24) is 0 Å². The zero-order chi connectivity index (χ0) is 15.4. The number of methoxy groups -OCH3 is 1. The lowest BCUT2D eigenvalue weighted by Crippen LogP contribution is -2.06. The zero-order valence-corrected chi connectivity index (χ0v) is 11.9. The fraction of sp³-hybridized carbons (Fsp3) is 0.133. The molecule has 6 heteroatoms. The third-order valence-electron chi connectivity index (χ3n) is 2.85. The number of benzene rings is 2. The molecule has 2 rings (SSSR count). The zero-order valence-electron chi connectivity index (χ0n) is 11.1. The molecule has 0 aliphatic carbocycles. The summed E-state index contributed by atoms with van der Waals surface area (Å²) in [5.41, 5.74) is 0.955. The first-order chi connectivity index (χ1) is 10.0. The molecule has 0 unspecified atom stereocenters. The Kier molecular flexibility index (Phi) is 4.75. The highest BCUT2D eigenvalue weighted by Crippen LogP contribution is 2.20. The number of rotatable bonds is 4. The first-order valence-corrected chi connectivity index (χ1v) is 6.44. The van der Waals surface area contributed by atoms with E-state index in [0.29, 0.717) is 5.56 Å². The van der Waals surface area contributed by atoms with Gasteiger partial charge in [-0.1, -0.05) is 17.7 Å². The number of hydrogen-bond donors (Lipinski definition) is 1. The molecule has 0 aromatic heterocycles. The molecule has 0 atom stereocenters. The molecule has 0 bridgehead atoms. The summed E-state index contributed by atoms with van der Waals surface area (Å²) in [6.07, 6.45) is 0. The van der Waals surface area contributed by atoms with Crippen molar-refractivity contribution in [3.63, 3.8) is 0 Å². The topological polar surface area (TPSA) is 38.3 Å². The van der Waals surface area contributed by atoms with Crippen LogP contribution in [0.3, 0.4) is 0 Å². The van der Waals surface area contributed by atoms with E-state index in [2.05, 4.69) is 10.1 Å². The highest BCUT2D eigenvalue weighted by Gasteiger charge is 2.10. The number of nitrogens with one attached hydrogen (secondary N) is 1. The molecule has 1 N–H and O–H groups in total. The Balaban J connectivity index is 2.15. The molecular weight excluding hydrogens is 300 g/mol. The molecule has 2 aromatic carbocycles. The second-order valence-corrected chi connectivity index (χ2v) is 4.70. The van der Waals surface area contributed by atoms with E-state index in [9.17, 15) is 13.6 Å². The molecule has 0 fully saturated rings. The number of carbonyl (C=O) groups excluding carboxylic acids is 1. The van der Waals surface area contributed by atoms with Gasteiger partial charge in [0.05, 0.1) is 23.4 Å². The molecule has 0 radical (unpaired) electrons. The van der Waals surface area contributed by atoms with Crippen LogP contribution < -0.4 is 5.32 Å². The first-order valence-electron chi connectivity index (χ1n) is 6.07. The maximum atomic E-state index is 13.7. The Morgan fingerprint density at radius 1 is 1.19 bits per heavy atom. The lowest BCUT2D eigenvalue weighted by Gasteiger charge is -2.09. The van der Waals surface area contributed by atoms with Gasteiger partial charge in [0.25, 0.3) is 0 Å². The second-order valence-electron chi connectivity index (χ2n) is 4.29. The van der Waals surface area contributed by atoms with Gasteiger partial charge in [0.2, 0.25) is 0 Å². The lowest BCUT2D eigenvalue weighted by molar-refractivity contribution is 0.0600. The molecule has 0 aliphatic rings. The van der Waals surface area contributed by atoms with E-state index < -0.39 is 17.6 Å². The summed E-state index contributed by atoms with van der Waals surface area (Å²) >= 11 is 5.59. The largest absolute Gasteiger partial charge is 0.465 e. The van der Waals surface area contributed by atoms with E-state index in [-0.39, 0.29) is 22.8 Å². The molecule has 0 heterocycles. The minimum atomic E-state index is -0.560. The Bertz CT molecular complexity index is 677. The molecule has 0 aliphatic heterocycles. The van der Waals surface area contributed by atoms with Crippen LogP contribution in [0.5, 0.6) is 0 Å². The van der Waals surface area contributed by atoms with Crippen LogP contribution in [0.15, 0.2) is 36.4 Å². The van der Waals surface area contributed by atoms with Crippen molar-refractivity contribution in [2.24, 2.45) is 0 Å². The highest BCUT2D eigenvalue weighted by atomic mass is 35.5.